The van der Waals surface area contributed by atoms with Crippen molar-refractivity contribution in [1.82, 2.24) is 0 Å². The zero-order valence-electron chi connectivity index (χ0n) is 11.5. The van der Waals surface area contributed by atoms with Crippen LogP contribution in [0.4, 0.5) is 0 Å². The topological polar surface area (TPSA) is 29.5 Å². The van der Waals surface area contributed by atoms with Crippen molar-refractivity contribution < 1.29 is 9.84 Å². The first-order valence-corrected chi connectivity index (χ1v) is 6.91. The number of hydrogen-bond donors (Lipinski definition) is 1. The summed E-state index contributed by atoms with van der Waals surface area (Å²) < 4.78 is 5.80. The molecule has 0 aliphatic rings. The standard InChI is InChI=1S/C14H30O2/c1-5-8-13(15)14(9-6-2)16-11-7-10-12(3)4/h12-15H,5-11H2,1-4H3. The van der Waals surface area contributed by atoms with Gasteiger partial charge in [-0.1, -0.05) is 40.5 Å². The summed E-state index contributed by atoms with van der Waals surface area (Å²) >= 11 is 0. The lowest BCUT2D eigenvalue weighted by Gasteiger charge is -2.23. The van der Waals surface area contributed by atoms with E-state index < -0.39 is 0 Å². The van der Waals surface area contributed by atoms with Crippen molar-refractivity contribution in [3.05, 3.63) is 0 Å². The fourth-order valence-electron chi connectivity index (χ4n) is 1.88. The molecule has 0 fully saturated rings. The highest BCUT2D eigenvalue weighted by molar-refractivity contribution is 4.68. The Morgan fingerprint density at radius 2 is 1.62 bits per heavy atom. The predicted octanol–water partition coefficient (Wildman–Crippen LogP) is 3.77. The van der Waals surface area contributed by atoms with Crippen LogP contribution in [-0.2, 0) is 4.74 Å². The van der Waals surface area contributed by atoms with Crippen LogP contribution in [0.3, 0.4) is 0 Å². The molecule has 0 aliphatic heterocycles. The maximum atomic E-state index is 9.92. The van der Waals surface area contributed by atoms with Crippen molar-refractivity contribution in [1.29, 1.82) is 0 Å². The van der Waals surface area contributed by atoms with Gasteiger partial charge in [-0.3, -0.25) is 0 Å². The van der Waals surface area contributed by atoms with E-state index in [1.807, 2.05) is 0 Å². The van der Waals surface area contributed by atoms with Crippen molar-refractivity contribution in [2.24, 2.45) is 5.92 Å². The minimum atomic E-state index is -0.274. The summed E-state index contributed by atoms with van der Waals surface area (Å²) in [5.41, 5.74) is 0. The van der Waals surface area contributed by atoms with Crippen LogP contribution in [0.2, 0.25) is 0 Å². The Labute approximate surface area is 101 Å². The van der Waals surface area contributed by atoms with E-state index in [9.17, 15) is 5.11 Å². The average Bonchev–Trinajstić information content (AvgIpc) is 2.22. The molecule has 0 aromatic heterocycles. The molecule has 0 saturated heterocycles. The Morgan fingerprint density at radius 3 is 2.12 bits per heavy atom. The molecule has 0 amide bonds. The maximum Gasteiger partial charge on any atom is 0.0833 e. The molecule has 0 saturated carbocycles. The summed E-state index contributed by atoms with van der Waals surface area (Å²) in [6, 6.07) is 0. The molecule has 2 heteroatoms. The van der Waals surface area contributed by atoms with Crippen LogP contribution in [0.1, 0.15) is 66.2 Å². The Balaban J connectivity index is 3.75. The summed E-state index contributed by atoms with van der Waals surface area (Å²) in [5, 5.41) is 9.92. The molecule has 0 spiro atoms. The maximum absolute atomic E-state index is 9.92. The highest BCUT2D eigenvalue weighted by Gasteiger charge is 2.17. The van der Waals surface area contributed by atoms with E-state index in [-0.39, 0.29) is 12.2 Å². The normalized spacial score (nSPS) is 15.4. The molecule has 0 aliphatic carbocycles. The van der Waals surface area contributed by atoms with Crippen molar-refractivity contribution >= 4 is 0 Å². The van der Waals surface area contributed by atoms with Crippen molar-refractivity contribution in [3.8, 4) is 0 Å². The third-order valence-electron chi connectivity index (χ3n) is 2.84. The zero-order chi connectivity index (χ0) is 12.4. The van der Waals surface area contributed by atoms with Crippen molar-refractivity contribution in [3.63, 3.8) is 0 Å². The fraction of sp³-hybridized carbons (Fsp3) is 1.00. The first kappa shape index (κ1) is 15.9. The Kier molecular flexibility index (Phi) is 10.0. The Bertz CT molecular complexity index is 146. The zero-order valence-corrected chi connectivity index (χ0v) is 11.5. The van der Waals surface area contributed by atoms with Crippen molar-refractivity contribution in [2.45, 2.75) is 78.4 Å². The van der Waals surface area contributed by atoms with Crippen LogP contribution in [0.5, 0.6) is 0 Å². The minimum absolute atomic E-state index is 0.0529. The summed E-state index contributed by atoms with van der Waals surface area (Å²) in [4.78, 5) is 0. The first-order valence-electron chi connectivity index (χ1n) is 6.91. The lowest BCUT2D eigenvalue weighted by Crippen LogP contribution is -2.29. The first-order chi connectivity index (χ1) is 7.61. The number of hydrogen-bond acceptors (Lipinski definition) is 2. The molecule has 1 N–H and O–H groups in total. The quantitative estimate of drug-likeness (QED) is 0.579. The number of aliphatic hydroxyl groups excluding tert-OH is 1. The molecule has 98 valence electrons. The third kappa shape index (κ3) is 8.12. The molecule has 2 atom stereocenters. The molecule has 2 nitrogen and oxygen atoms in total. The molecule has 0 radical (unpaired) electrons. The van der Waals surface area contributed by atoms with Crippen LogP contribution < -0.4 is 0 Å². The SMILES string of the molecule is CCCC(O)C(CCC)OCCCC(C)C. The molecule has 0 aromatic rings. The van der Waals surface area contributed by atoms with Crippen LogP contribution in [0.15, 0.2) is 0 Å². The van der Waals surface area contributed by atoms with E-state index in [2.05, 4.69) is 27.7 Å². The van der Waals surface area contributed by atoms with E-state index in [0.29, 0.717) is 0 Å². The molecule has 16 heavy (non-hydrogen) atoms. The second-order valence-corrected chi connectivity index (χ2v) is 5.09. The van der Waals surface area contributed by atoms with Gasteiger partial charge in [0.2, 0.25) is 0 Å². The van der Waals surface area contributed by atoms with Gasteiger partial charge in [-0.25, -0.2) is 0 Å². The summed E-state index contributed by atoms with van der Waals surface area (Å²) in [6.07, 6.45) is 6.03. The van der Waals surface area contributed by atoms with E-state index in [1.54, 1.807) is 0 Å². The van der Waals surface area contributed by atoms with E-state index in [0.717, 1.165) is 44.6 Å². The molecule has 0 heterocycles. The predicted molar refractivity (Wildman–Crippen MR) is 69.6 cm³/mol. The lowest BCUT2D eigenvalue weighted by atomic mass is 10.0. The number of rotatable bonds is 10. The number of aliphatic hydroxyl groups is 1. The van der Waals surface area contributed by atoms with Gasteiger partial charge in [0.05, 0.1) is 12.2 Å². The summed E-state index contributed by atoms with van der Waals surface area (Å²) in [5.74, 6) is 0.744. The smallest absolute Gasteiger partial charge is 0.0833 e. The van der Waals surface area contributed by atoms with Gasteiger partial charge in [-0.15, -0.1) is 0 Å². The van der Waals surface area contributed by atoms with Crippen LogP contribution in [0.25, 0.3) is 0 Å². The average molecular weight is 230 g/mol. The second kappa shape index (κ2) is 10.1. The van der Waals surface area contributed by atoms with Gasteiger partial charge in [0, 0.05) is 6.61 Å². The monoisotopic (exact) mass is 230 g/mol. The molecule has 0 bridgehead atoms. The molecular weight excluding hydrogens is 200 g/mol. The fourth-order valence-corrected chi connectivity index (χ4v) is 1.88. The van der Waals surface area contributed by atoms with Gasteiger partial charge in [-0.2, -0.15) is 0 Å². The largest absolute Gasteiger partial charge is 0.390 e. The van der Waals surface area contributed by atoms with Gasteiger partial charge in [-0.05, 0) is 31.6 Å². The van der Waals surface area contributed by atoms with E-state index >= 15 is 0 Å². The van der Waals surface area contributed by atoms with Gasteiger partial charge in [0.25, 0.3) is 0 Å². The van der Waals surface area contributed by atoms with Crippen molar-refractivity contribution in [2.75, 3.05) is 6.61 Å². The summed E-state index contributed by atoms with van der Waals surface area (Å²) in [6.45, 7) is 9.50. The van der Waals surface area contributed by atoms with E-state index in [1.165, 1.54) is 6.42 Å². The Hall–Kier alpha value is -0.0800. The molecule has 2 unspecified atom stereocenters. The lowest BCUT2D eigenvalue weighted by molar-refractivity contribution is -0.0463. The second-order valence-electron chi connectivity index (χ2n) is 5.09. The minimum Gasteiger partial charge on any atom is -0.390 e. The summed E-state index contributed by atoms with van der Waals surface area (Å²) in [7, 11) is 0. The van der Waals surface area contributed by atoms with Gasteiger partial charge >= 0.3 is 0 Å². The molecular formula is C14H30O2. The highest BCUT2D eigenvalue weighted by Crippen LogP contribution is 2.13. The van der Waals surface area contributed by atoms with Crippen LogP contribution in [-0.4, -0.2) is 23.9 Å². The van der Waals surface area contributed by atoms with Crippen LogP contribution >= 0.6 is 0 Å². The van der Waals surface area contributed by atoms with E-state index in [4.69, 9.17) is 4.74 Å². The number of ether oxygens (including phenoxy) is 1. The third-order valence-corrected chi connectivity index (χ3v) is 2.84. The van der Waals surface area contributed by atoms with Gasteiger partial charge in [0.15, 0.2) is 0 Å². The van der Waals surface area contributed by atoms with Gasteiger partial charge < -0.3 is 9.84 Å². The van der Waals surface area contributed by atoms with Crippen LogP contribution in [0, 0.1) is 5.92 Å². The Morgan fingerprint density at radius 1 is 1.00 bits per heavy atom. The van der Waals surface area contributed by atoms with Gasteiger partial charge in [0.1, 0.15) is 0 Å². The molecule has 0 aromatic carbocycles. The molecule has 0 rings (SSSR count). The highest BCUT2D eigenvalue weighted by atomic mass is 16.5.